The number of benzene rings is 1. The minimum absolute atomic E-state index is 0.214. The summed E-state index contributed by atoms with van der Waals surface area (Å²) in [4.78, 5) is 7.57. The summed E-state index contributed by atoms with van der Waals surface area (Å²) in [6.45, 7) is 7.05. The van der Waals surface area contributed by atoms with Crippen molar-refractivity contribution in [1.82, 2.24) is 9.47 Å². The Bertz CT molecular complexity index is 843. The van der Waals surface area contributed by atoms with E-state index in [0.717, 1.165) is 60.3 Å². The molecule has 1 aliphatic heterocycles. The van der Waals surface area contributed by atoms with E-state index >= 15 is 0 Å². The highest BCUT2D eigenvalue weighted by molar-refractivity contribution is 5.99. The first kappa shape index (κ1) is 20.4. The number of piperidine rings is 1. The number of fused-ring (bicyclic) bond motifs is 1. The van der Waals surface area contributed by atoms with Crippen LogP contribution in [-0.2, 0) is 4.84 Å². The lowest BCUT2D eigenvalue weighted by Gasteiger charge is -2.42. The Morgan fingerprint density at radius 3 is 2.45 bits per heavy atom. The number of halogens is 1. The molecule has 0 spiro atoms. The third-order valence-electron chi connectivity index (χ3n) is 7.22. The van der Waals surface area contributed by atoms with Gasteiger partial charge in [0.2, 0.25) is 0 Å². The standard InChI is InChI=1S/C24H34FN3O/c1-17(2)18-4-7-21(8-5-18)27-12-10-22(11-13-27)28-16-19(15-26-29-3)23-14-20(25)6-9-24(23)28/h6,9,14-18,21-22H,4-5,7-8,10-13H2,1-3H3/b26-15+. The third-order valence-corrected chi connectivity index (χ3v) is 7.22. The summed E-state index contributed by atoms with van der Waals surface area (Å²) in [7, 11) is 1.53. The number of oxime groups is 1. The van der Waals surface area contributed by atoms with Crippen molar-refractivity contribution in [3.05, 3.63) is 35.8 Å². The Labute approximate surface area is 173 Å². The molecular formula is C24H34FN3O. The molecule has 2 fully saturated rings. The van der Waals surface area contributed by atoms with Gasteiger partial charge in [-0.3, -0.25) is 0 Å². The highest BCUT2D eigenvalue weighted by Crippen LogP contribution is 2.35. The van der Waals surface area contributed by atoms with E-state index in [1.54, 1.807) is 18.3 Å². The normalized spacial score (nSPS) is 24.7. The SMILES string of the molecule is CO/N=C/c1cn(C2CCN(C3CCC(C(C)C)CC3)CC2)c2ccc(F)cc12. The van der Waals surface area contributed by atoms with Gasteiger partial charge in [0.25, 0.3) is 0 Å². The molecule has 1 aromatic heterocycles. The maximum absolute atomic E-state index is 13.8. The number of nitrogens with zero attached hydrogens (tertiary/aromatic N) is 3. The van der Waals surface area contributed by atoms with E-state index in [0.29, 0.717) is 6.04 Å². The van der Waals surface area contributed by atoms with Crippen LogP contribution in [0.25, 0.3) is 10.9 Å². The minimum Gasteiger partial charge on any atom is -0.399 e. The van der Waals surface area contributed by atoms with E-state index in [-0.39, 0.29) is 5.82 Å². The second kappa shape index (κ2) is 8.86. The van der Waals surface area contributed by atoms with Crippen LogP contribution in [0.4, 0.5) is 4.39 Å². The Hall–Kier alpha value is -1.88. The van der Waals surface area contributed by atoms with Crippen LogP contribution in [0.3, 0.4) is 0 Å². The lowest BCUT2D eigenvalue weighted by Crippen LogP contribution is -2.43. The zero-order chi connectivity index (χ0) is 20.4. The topological polar surface area (TPSA) is 29.8 Å². The first-order chi connectivity index (χ1) is 14.1. The quantitative estimate of drug-likeness (QED) is 0.483. The van der Waals surface area contributed by atoms with Crippen molar-refractivity contribution in [3.63, 3.8) is 0 Å². The fourth-order valence-corrected chi connectivity index (χ4v) is 5.43. The van der Waals surface area contributed by atoms with Crippen molar-refractivity contribution in [1.29, 1.82) is 0 Å². The molecule has 29 heavy (non-hydrogen) atoms. The van der Waals surface area contributed by atoms with E-state index in [4.69, 9.17) is 4.84 Å². The molecule has 2 heterocycles. The van der Waals surface area contributed by atoms with E-state index in [2.05, 4.69) is 34.7 Å². The molecule has 5 heteroatoms. The summed E-state index contributed by atoms with van der Waals surface area (Å²) in [5.41, 5.74) is 2.00. The fraction of sp³-hybridized carbons (Fsp3) is 0.625. The lowest BCUT2D eigenvalue weighted by atomic mass is 9.79. The molecule has 1 aromatic carbocycles. The van der Waals surface area contributed by atoms with Crippen LogP contribution in [0.1, 0.15) is 64.0 Å². The molecule has 2 aliphatic rings. The smallest absolute Gasteiger partial charge is 0.123 e. The van der Waals surface area contributed by atoms with Gasteiger partial charge in [0.15, 0.2) is 0 Å². The second-order valence-corrected chi connectivity index (χ2v) is 9.15. The Morgan fingerprint density at radius 2 is 1.79 bits per heavy atom. The average Bonchev–Trinajstić information content (AvgIpc) is 3.10. The summed E-state index contributed by atoms with van der Waals surface area (Å²) in [6.07, 6.45) is 11.6. The van der Waals surface area contributed by atoms with Crippen molar-refractivity contribution in [2.45, 2.75) is 64.5 Å². The van der Waals surface area contributed by atoms with Gasteiger partial charge in [-0.25, -0.2) is 4.39 Å². The second-order valence-electron chi connectivity index (χ2n) is 9.15. The summed E-state index contributed by atoms with van der Waals surface area (Å²) < 4.78 is 16.2. The number of hydrogen-bond acceptors (Lipinski definition) is 3. The van der Waals surface area contributed by atoms with Gasteiger partial charge in [-0.15, -0.1) is 0 Å². The molecule has 0 amide bonds. The average molecular weight is 400 g/mol. The fourth-order valence-electron chi connectivity index (χ4n) is 5.43. The van der Waals surface area contributed by atoms with Crippen LogP contribution in [0.2, 0.25) is 0 Å². The molecule has 1 saturated carbocycles. The molecule has 0 atom stereocenters. The monoisotopic (exact) mass is 399 g/mol. The van der Waals surface area contributed by atoms with Crippen LogP contribution >= 0.6 is 0 Å². The van der Waals surface area contributed by atoms with Gasteiger partial charge in [-0.05, 0) is 68.6 Å². The Morgan fingerprint density at radius 1 is 1.07 bits per heavy atom. The predicted octanol–water partition coefficient (Wildman–Crippen LogP) is 5.61. The molecule has 2 aromatic rings. The molecule has 0 radical (unpaired) electrons. The third kappa shape index (κ3) is 4.35. The maximum Gasteiger partial charge on any atom is 0.123 e. The molecule has 0 unspecified atom stereocenters. The summed E-state index contributed by atoms with van der Waals surface area (Å²) in [5.74, 6) is 1.53. The van der Waals surface area contributed by atoms with Crippen LogP contribution in [0.15, 0.2) is 29.6 Å². The van der Waals surface area contributed by atoms with Gasteiger partial charge in [0.1, 0.15) is 12.9 Å². The minimum atomic E-state index is -0.214. The molecule has 1 aliphatic carbocycles. The van der Waals surface area contributed by atoms with Gasteiger partial charge >= 0.3 is 0 Å². The van der Waals surface area contributed by atoms with Crippen molar-refractivity contribution in [2.24, 2.45) is 17.0 Å². The van der Waals surface area contributed by atoms with Crippen molar-refractivity contribution >= 4 is 17.1 Å². The van der Waals surface area contributed by atoms with Crippen molar-refractivity contribution in [2.75, 3.05) is 20.2 Å². The zero-order valence-corrected chi connectivity index (χ0v) is 18.0. The van der Waals surface area contributed by atoms with Crippen LogP contribution in [0, 0.1) is 17.7 Å². The van der Waals surface area contributed by atoms with Gasteiger partial charge in [0.05, 0.1) is 6.21 Å². The highest BCUT2D eigenvalue weighted by Gasteiger charge is 2.30. The maximum atomic E-state index is 13.8. The predicted molar refractivity (Wildman–Crippen MR) is 117 cm³/mol. The summed E-state index contributed by atoms with van der Waals surface area (Å²) in [5, 5.41) is 4.81. The van der Waals surface area contributed by atoms with Crippen molar-refractivity contribution < 1.29 is 9.23 Å². The van der Waals surface area contributed by atoms with Crippen LogP contribution < -0.4 is 0 Å². The first-order valence-corrected chi connectivity index (χ1v) is 11.2. The zero-order valence-electron chi connectivity index (χ0n) is 18.0. The molecular weight excluding hydrogens is 365 g/mol. The highest BCUT2D eigenvalue weighted by atomic mass is 19.1. The molecule has 0 bridgehead atoms. The first-order valence-electron chi connectivity index (χ1n) is 11.2. The van der Waals surface area contributed by atoms with Crippen molar-refractivity contribution in [3.8, 4) is 0 Å². The van der Waals surface area contributed by atoms with E-state index in [9.17, 15) is 4.39 Å². The van der Waals surface area contributed by atoms with Gasteiger partial charge in [0, 0.05) is 47.8 Å². The Balaban J connectivity index is 1.45. The number of hydrogen-bond donors (Lipinski definition) is 0. The molecule has 158 valence electrons. The Kier molecular flexibility index (Phi) is 6.23. The van der Waals surface area contributed by atoms with Crippen LogP contribution in [0.5, 0.6) is 0 Å². The van der Waals surface area contributed by atoms with Gasteiger partial charge in [-0.2, -0.15) is 0 Å². The van der Waals surface area contributed by atoms with E-state index < -0.39 is 0 Å². The summed E-state index contributed by atoms with van der Waals surface area (Å²) in [6, 6.07) is 6.28. The van der Waals surface area contributed by atoms with Crippen LogP contribution in [-0.4, -0.2) is 41.9 Å². The molecule has 0 N–H and O–H groups in total. The van der Waals surface area contributed by atoms with E-state index in [1.165, 1.54) is 32.8 Å². The molecule has 1 saturated heterocycles. The summed E-state index contributed by atoms with van der Waals surface area (Å²) >= 11 is 0. The lowest BCUT2D eigenvalue weighted by molar-refractivity contribution is 0.0894. The van der Waals surface area contributed by atoms with Gasteiger partial charge in [-0.1, -0.05) is 19.0 Å². The van der Waals surface area contributed by atoms with Gasteiger partial charge < -0.3 is 14.3 Å². The number of rotatable bonds is 5. The largest absolute Gasteiger partial charge is 0.399 e. The molecule has 4 nitrogen and oxygen atoms in total. The number of likely N-dealkylation sites (tertiary alicyclic amines) is 1. The molecule has 4 rings (SSSR count). The number of aromatic nitrogens is 1. The van der Waals surface area contributed by atoms with E-state index in [1.807, 2.05) is 6.07 Å².